The van der Waals surface area contributed by atoms with E-state index in [1.54, 1.807) is 0 Å². The minimum Gasteiger partial charge on any atom is -0.399 e. The lowest BCUT2D eigenvalue weighted by Crippen LogP contribution is -2.44. The summed E-state index contributed by atoms with van der Waals surface area (Å²) in [4.78, 5) is 4.56. The van der Waals surface area contributed by atoms with Gasteiger partial charge < -0.3 is 16.4 Å². The molecule has 0 aliphatic heterocycles. The first-order valence-electron chi connectivity index (χ1n) is 6.39. The van der Waals surface area contributed by atoms with Gasteiger partial charge in [0, 0.05) is 17.8 Å². The van der Waals surface area contributed by atoms with Gasteiger partial charge in [-0.25, -0.2) is 4.99 Å². The third-order valence-electron chi connectivity index (χ3n) is 2.25. The number of benzene rings is 1. The number of guanidine groups is 1. The van der Waals surface area contributed by atoms with E-state index in [1.165, 1.54) is 0 Å². The van der Waals surface area contributed by atoms with Crippen molar-refractivity contribution in [1.82, 2.24) is 10.6 Å². The summed E-state index contributed by atoms with van der Waals surface area (Å²) >= 11 is 0. The second kappa shape index (κ2) is 6.89. The van der Waals surface area contributed by atoms with Gasteiger partial charge in [-0.05, 0) is 45.4 Å². The second-order valence-electron chi connectivity index (χ2n) is 5.00. The van der Waals surface area contributed by atoms with Gasteiger partial charge in [-0.1, -0.05) is 12.1 Å². The number of anilines is 1. The average molecular weight is 248 g/mol. The summed E-state index contributed by atoms with van der Waals surface area (Å²) in [6.07, 6.45) is 0. The van der Waals surface area contributed by atoms with Crippen LogP contribution in [0.25, 0.3) is 0 Å². The summed E-state index contributed by atoms with van der Waals surface area (Å²) in [6.45, 7) is 9.04. The Bertz CT molecular complexity index is 367. The van der Waals surface area contributed by atoms with Crippen LogP contribution in [0.15, 0.2) is 29.3 Å². The number of hydrogen-bond acceptors (Lipinski definition) is 2. The summed E-state index contributed by atoms with van der Waals surface area (Å²) in [6, 6.07) is 8.53. The van der Waals surface area contributed by atoms with Crippen molar-refractivity contribution in [3.63, 3.8) is 0 Å². The highest BCUT2D eigenvalue weighted by Gasteiger charge is 2.02. The molecule has 0 aliphatic carbocycles. The Kier molecular flexibility index (Phi) is 5.49. The Morgan fingerprint density at radius 1 is 1.06 bits per heavy atom. The molecular formula is C14H24N4. The molecule has 0 aliphatic rings. The molecule has 0 amide bonds. The topological polar surface area (TPSA) is 62.4 Å². The first-order chi connectivity index (χ1) is 8.47. The second-order valence-corrected chi connectivity index (χ2v) is 5.00. The average Bonchev–Trinajstić information content (AvgIpc) is 2.26. The van der Waals surface area contributed by atoms with Crippen molar-refractivity contribution in [3.05, 3.63) is 29.8 Å². The van der Waals surface area contributed by atoms with Crippen LogP contribution in [0.3, 0.4) is 0 Å². The Morgan fingerprint density at radius 2 is 1.56 bits per heavy atom. The van der Waals surface area contributed by atoms with Gasteiger partial charge in [0.25, 0.3) is 0 Å². The Labute approximate surface area is 110 Å². The quantitative estimate of drug-likeness (QED) is 0.434. The van der Waals surface area contributed by atoms with Crippen molar-refractivity contribution >= 4 is 11.6 Å². The van der Waals surface area contributed by atoms with Crippen molar-refractivity contribution < 1.29 is 0 Å². The van der Waals surface area contributed by atoms with Crippen LogP contribution in [-0.2, 0) is 6.54 Å². The van der Waals surface area contributed by atoms with E-state index < -0.39 is 0 Å². The van der Waals surface area contributed by atoms with Gasteiger partial charge >= 0.3 is 0 Å². The van der Waals surface area contributed by atoms with Crippen molar-refractivity contribution in [2.24, 2.45) is 4.99 Å². The maximum atomic E-state index is 5.65. The minimum atomic E-state index is 0.362. The first-order valence-corrected chi connectivity index (χ1v) is 6.39. The lowest BCUT2D eigenvalue weighted by molar-refractivity contribution is 0.655. The molecule has 0 bridgehead atoms. The maximum absolute atomic E-state index is 5.65. The molecule has 4 N–H and O–H groups in total. The number of aliphatic imine (C=N–C) groups is 1. The van der Waals surface area contributed by atoms with E-state index in [0.717, 1.165) is 17.2 Å². The Balaban J connectivity index is 2.66. The standard InChI is InChI=1S/C14H24N4/c1-10(2)17-14(18-11(3)4)16-9-12-5-7-13(15)8-6-12/h5-8,10-11H,9,15H2,1-4H3,(H2,16,17,18). The number of nitrogens with one attached hydrogen (secondary N) is 2. The largest absolute Gasteiger partial charge is 0.399 e. The molecule has 0 fully saturated rings. The molecule has 1 aromatic rings. The van der Waals surface area contributed by atoms with E-state index in [9.17, 15) is 0 Å². The van der Waals surface area contributed by atoms with E-state index in [0.29, 0.717) is 18.6 Å². The fourth-order valence-corrected chi connectivity index (χ4v) is 1.47. The minimum absolute atomic E-state index is 0.362. The third-order valence-corrected chi connectivity index (χ3v) is 2.25. The van der Waals surface area contributed by atoms with E-state index >= 15 is 0 Å². The van der Waals surface area contributed by atoms with Gasteiger partial charge in [-0.15, -0.1) is 0 Å². The fourth-order valence-electron chi connectivity index (χ4n) is 1.47. The molecule has 0 radical (unpaired) electrons. The predicted octanol–water partition coefficient (Wildman–Crippen LogP) is 2.12. The first kappa shape index (κ1) is 14.4. The van der Waals surface area contributed by atoms with Gasteiger partial charge in [0.1, 0.15) is 0 Å². The smallest absolute Gasteiger partial charge is 0.191 e. The van der Waals surface area contributed by atoms with E-state index in [1.807, 2.05) is 24.3 Å². The zero-order valence-corrected chi connectivity index (χ0v) is 11.7. The molecule has 0 saturated carbocycles. The van der Waals surface area contributed by atoms with Gasteiger partial charge in [-0.3, -0.25) is 0 Å². The van der Waals surface area contributed by atoms with Gasteiger partial charge in [0.15, 0.2) is 5.96 Å². The molecule has 18 heavy (non-hydrogen) atoms. The number of nitrogens with two attached hydrogens (primary N) is 1. The summed E-state index contributed by atoms with van der Waals surface area (Å²) in [7, 11) is 0. The van der Waals surface area contributed by atoms with Crippen LogP contribution in [-0.4, -0.2) is 18.0 Å². The summed E-state index contributed by atoms with van der Waals surface area (Å²) < 4.78 is 0. The number of nitrogen functional groups attached to an aromatic ring is 1. The molecule has 4 heteroatoms. The predicted molar refractivity (Wildman–Crippen MR) is 78.5 cm³/mol. The van der Waals surface area contributed by atoms with Crippen LogP contribution in [0, 0.1) is 0 Å². The lowest BCUT2D eigenvalue weighted by Gasteiger charge is -2.17. The van der Waals surface area contributed by atoms with E-state index in [2.05, 4.69) is 43.3 Å². The maximum Gasteiger partial charge on any atom is 0.191 e. The number of rotatable bonds is 4. The molecule has 1 rings (SSSR count). The van der Waals surface area contributed by atoms with Crippen LogP contribution in [0.1, 0.15) is 33.3 Å². The van der Waals surface area contributed by atoms with Crippen LogP contribution >= 0.6 is 0 Å². The van der Waals surface area contributed by atoms with Crippen LogP contribution < -0.4 is 16.4 Å². The van der Waals surface area contributed by atoms with Crippen molar-refractivity contribution in [2.45, 2.75) is 46.3 Å². The zero-order valence-electron chi connectivity index (χ0n) is 11.7. The molecule has 0 heterocycles. The molecule has 0 spiro atoms. The van der Waals surface area contributed by atoms with Crippen LogP contribution in [0.2, 0.25) is 0 Å². The van der Waals surface area contributed by atoms with E-state index in [4.69, 9.17) is 5.73 Å². The number of hydrogen-bond donors (Lipinski definition) is 3. The van der Waals surface area contributed by atoms with Gasteiger partial charge in [-0.2, -0.15) is 0 Å². The third kappa shape index (κ3) is 5.57. The number of nitrogens with zero attached hydrogens (tertiary/aromatic N) is 1. The van der Waals surface area contributed by atoms with Crippen molar-refractivity contribution in [2.75, 3.05) is 5.73 Å². The van der Waals surface area contributed by atoms with Crippen molar-refractivity contribution in [3.8, 4) is 0 Å². The fraction of sp³-hybridized carbons (Fsp3) is 0.500. The lowest BCUT2D eigenvalue weighted by atomic mass is 10.2. The summed E-state index contributed by atoms with van der Waals surface area (Å²) in [5.74, 6) is 0.844. The molecule has 0 aromatic heterocycles. The van der Waals surface area contributed by atoms with Gasteiger partial charge in [0.2, 0.25) is 0 Å². The molecule has 100 valence electrons. The Hall–Kier alpha value is -1.71. The molecule has 0 atom stereocenters. The molecular weight excluding hydrogens is 224 g/mol. The van der Waals surface area contributed by atoms with Gasteiger partial charge in [0.05, 0.1) is 6.54 Å². The SMILES string of the molecule is CC(C)NC(=NCc1ccc(N)cc1)NC(C)C. The summed E-state index contributed by atoms with van der Waals surface area (Å²) in [5, 5.41) is 6.61. The molecule has 4 nitrogen and oxygen atoms in total. The van der Waals surface area contributed by atoms with Crippen LogP contribution in [0.5, 0.6) is 0 Å². The highest BCUT2D eigenvalue weighted by molar-refractivity contribution is 5.80. The highest BCUT2D eigenvalue weighted by atomic mass is 15.2. The van der Waals surface area contributed by atoms with Crippen molar-refractivity contribution in [1.29, 1.82) is 0 Å². The molecule has 0 unspecified atom stereocenters. The zero-order chi connectivity index (χ0) is 13.5. The molecule has 1 aromatic carbocycles. The molecule has 0 saturated heterocycles. The highest BCUT2D eigenvalue weighted by Crippen LogP contribution is 2.06. The Morgan fingerprint density at radius 3 is 2.00 bits per heavy atom. The van der Waals surface area contributed by atoms with Crippen LogP contribution in [0.4, 0.5) is 5.69 Å². The van der Waals surface area contributed by atoms with E-state index in [-0.39, 0.29) is 0 Å². The monoisotopic (exact) mass is 248 g/mol. The summed E-state index contributed by atoms with van der Waals surface area (Å²) in [5.41, 5.74) is 7.59. The normalized spacial score (nSPS) is 10.6.